The van der Waals surface area contributed by atoms with Crippen molar-refractivity contribution < 1.29 is 41.1 Å². The summed E-state index contributed by atoms with van der Waals surface area (Å²) in [5.41, 5.74) is 2.89. The summed E-state index contributed by atoms with van der Waals surface area (Å²) in [5, 5.41) is 9.12. The zero-order valence-corrected chi connectivity index (χ0v) is 18.1. The maximum absolute atomic E-state index is 13.3. The molecule has 0 bridgehead atoms. The van der Waals surface area contributed by atoms with Gasteiger partial charge in [0, 0.05) is 57.9 Å². The van der Waals surface area contributed by atoms with Gasteiger partial charge in [-0.2, -0.15) is 17.5 Å². The summed E-state index contributed by atoms with van der Waals surface area (Å²) in [6.45, 7) is -0.220. The molecule has 1 aromatic carbocycles. The summed E-state index contributed by atoms with van der Waals surface area (Å²) in [6, 6.07) is 6.82. The minimum absolute atomic E-state index is 0.0419. The number of hydroxylamine groups is 1. The van der Waals surface area contributed by atoms with Crippen LogP contribution < -0.4 is 10.4 Å². The first kappa shape index (κ1) is 24.7. The number of alkyl halides is 3. The van der Waals surface area contributed by atoms with E-state index in [2.05, 4.69) is 4.74 Å². The molecule has 9 nitrogen and oxygen atoms in total. The lowest BCUT2D eigenvalue weighted by atomic mass is 9.98. The molecular weight excluding hydrogens is 455 g/mol. The number of ether oxygens (including phenoxy) is 2. The van der Waals surface area contributed by atoms with E-state index in [0.717, 1.165) is 5.69 Å². The molecule has 3 rings (SSSR count). The largest absolute Gasteiger partial charge is 0.411 e. The van der Waals surface area contributed by atoms with Crippen molar-refractivity contribution in [1.29, 1.82) is 0 Å². The maximum Gasteiger partial charge on any atom is 0.411 e. The average molecular weight is 481 g/mol. The molecule has 2 saturated heterocycles. The Kier molecular flexibility index (Phi) is 7.65. The number of piperazine rings is 1. The Morgan fingerprint density at radius 3 is 2.25 bits per heavy atom. The van der Waals surface area contributed by atoms with E-state index in [-0.39, 0.29) is 45.8 Å². The molecule has 0 aromatic heterocycles. The average Bonchev–Trinajstić information content (AvgIpc) is 2.78. The molecule has 13 heteroatoms. The maximum atomic E-state index is 13.3. The smallest absolute Gasteiger partial charge is 0.381 e. The molecule has 0 aliphatic carbocycles. The fraction of sp³-hybridized carbons (Fsp3) is 0.632. The van der Waals surface area contributed by atoms with Gasteiger partial charge in [-0.3, -0.25) is 10.0 Å². The highest BCUT2D eigenvalue weighted by molar-refractivity contribution is 7.91. The van der Waals surface area contributed by atoms with Crippen LogP contribution in [0.5, 0.6) is 0 Å². The van der Waals surface area contributed by atoms with Crippen LogP contribution in [0.1, 0.15) is 18.4 Å². The molecule has 0 atom stereocenters. The monoisotopic (exact) mass is 481 g/mol. The molecule has 180 valence electrons. The molecule has 2 heterocycles. The molecule has 2 aliphatic rings. The summed E-state index contributed by atoms with van der Waals surface area (Å²) in [7, 11) is -4.05. The van der Waals surface area contributed by atoms with Gasteiger partial charge in [-0.25, -0.2) is 13.9 Å². The highest BCUT2D eigenvalue weighted by Gasteiger charge is 2.54. The van der Waals surface area contributed by atoms with Gasteiger partial charge in [0.25, 0.3) is 5.91 Å². The summed E-state index contributed by atoms with van der Waals surface area (Å²) in [5.74, 6) is -0.952. The number of benzene rings is 1. The molecule has 1 aromatic rings. The van der Waals surface area contributed by atoms with E-state index >= 15 is 0 Å². The van der Waals surface area contributed by atoms with E-state index in [1.54, 1.807) is 24.3 Å². The minimum atomic E-state index is -4.37. The lowest BCUT2D eigenvalue weighted by Gasteiger charge is -2.42. The standard InChI is InChI=1S/C19H26F3N3O6S/c20-19(21,22)14-31-13-15-1-3-16(4-2-15)24-7-9-25(10-8-24)32(28,29)18(17(26)23-27)5-11-30-12-6-18/h1-4,27H,5-14H2,(H,23,26). The summed E-state index contributed by atoms with van der Waals surface area (Å²) >= 11 is 0. The summed E-state index contributed by atoms with van der Waals surface area (Å²) in [4.78, 5) is 14.3. The third-order valence-electron chi connectivity index (χ3n) is 5.72. The summed E-state index contributed by atoms with van der Waals surface area (Å²) in [6.07, 6.45) is -4.46. The van der Waals surface area contributed by atoms with Crippen LogP contribution in [-0.2, 0) is 30.9 Å². The summed E-state index contributed by atoms with van der Waals surface area (Å²) < 4.78 is 72.5. The predicted octanol–water partition coefficient (Wildman–Crippen LogP) is 1.27. The molecule has 32 heavy (non-hydrogen) atoms. The van der Waals surface area contributed by atoms with Crippen molar-refractivity contribution in [3.05, 3.63) is 29.8 Å². The Bertz CT molecular complexity index is 881. The number of carbonyl (C=O) groups is 1. The Hall–Kier alpha value is -1.93. The molecule has 1 amide bonds. The van der Waals surface area contributed by atoms with Crippen LogP contribution in [0.4, 0.5) is 18.9 Å². The van der Waals surface area contributed by atoms with Gasteiger partial charge in [-0.1, -0.05) is 12.1 Å². The Labute approximate surface area is 184 Å². The fourth-order valence-corrected chi connectivity index (χ4v) is 6.03. The SMILES string of the molecule is O=C(NO)C1(S(=O)(=O)N2CCN(c3ccc(COCC(F)(F)F)cc3)CC2)CCOCC1. The number of nitrogens with zero attached hydrogens (tertiary/aromatic N) is 2. The third-order valence-corrected chi connectivity index (χ3v) is 8.35. The molecule has 0 saturated carbocycles. The molecular formula is C19H26F3N3O6S. The van der Waals surface area contributed by atoms with Crippen LogP contribution in [0.3, 0.4) is 0 Å². The number of hydrogen-bond donors (Lipinski definition) is 2. The van der Waals surface area contributed by atoms with E-state index in [1.807, 2.05) is 4.90 Å². The van der Waals surface area contributed by atoms with Crippen molar-refractivity contribution in [2.45, 2.75) is 30.4 Å². The highest BCUT2D eigenvalue weighted by atomic mass is 32.2. The van der Waals surface area contributed by atoms with Gasteiger partial charge in [0.2, 0.25) is 10.0 Å². The number of halogens is 3. The molecule has 0 radical (unpaired) electrons. The molecule has 0 spiro atoms. The topological polar surface area (TPSA) is 108 Å². The van der Waals surface area contributed by atoms with E-state index in [4.69, 9.17) is 9.94 Å². The second-order valence-electron chi connectivity index (χ2n) is 7.71. The van der Waals surface area contributed by atoms with Gasteiger partial charge < -0.3 is 14.4 Å². The number of amides is 1. The van der Waals surface area contributed by atoms with E-state index in [1.165, 1.54) is 9.79 Å². The second-order valence-corrected chi connectivity index (χ2v) is 9.96. The quantitative estimate of drug-likeness (QED) is 0.446. The number of sulfonamides is 1. The van der Waals surface area contributed by atoms with Gasteiger partial charge in [0.1, 0.15) is 6.61 Å². The zero-order valence-electron chi connectivity index (χ0n) is 17.3. The number of hydrogen-bond acceptors (Lipinski definition) is 7. The van der Waals surface area contributed by atoms with Crippen molar-refractivity contribution >= 4 is 21.6 Å². The molecule has 2 fully saturated rings. The van der Waals surface area contributed by atoms with Gasteiger partial charge in [0.15, 0.2) is 4.75 Å². The first-order valence-electron chi connectivity index (χ1n) is 10.1. The zero-order chi connectivity index (χ0) is 23.4. The van der Waals surface area contributed by atoms with Gasteiger partial charge >= 0.3 is 6.18 Å². The van der Waals surface area contributed by atoms with Crippen LogP contribution in [0.15, 0.2) is 24.3 Å². The van der Waals surface area contributed by atoms with Gasteiger partial charge in [-0.05, 0) is 17.7 Å². The van der Waals surface area contributed by atoms with E-state index < -0.39 is 33.5 Å². The van der Waals surface area contributed by atoms with Crippen LogP contribution in [0.25, 0.3) is 0 Å². The Morgan fingerprint density at radius 2 is 1.72 bits per heavy atom. The lowest BCUT2D eigenvalue weighted by molar-refractivity contribution is -0.176. The first-order valence-corrected chi connectivity index (χ1v) is 11.5. The number of rotatable bonds is 7. The van der Waals surface area contributed by atoms with Crippen LogP contribution >= 0.6 is 0 Å². The number of carbonyl (C=O) groups excluding carboxylic acids is 1. The normalized spacial score (nSPS) is 20.2. The van der Waals surface area contributed by atoms with Crippen molar-refractivity contribution in [2.24, 2.45) is 0 Å². The van der Waals surface area contributed by atoms with Crippen molar-refractivity contribution in [2.75, 3.05) is 50.9 Å². The highest BCUT2D eigenvalue weighted by Crippen LogP contribution is 2.33. The van der Waals surface area contributed by atoms with Crippen LogP contribution in [0.2, 0.25) is 0 Å². The fourth-order valence-electron chi connectivity index (χ4n) is 3.93. The lowest BCUT2D eigenvalue weighted by Crippen LogP contribution is -2.62. The van der Waals surface area contributed by atoms with Gasteiger partial charge in [0.05, 0.1) is 6.61 Å². The predicted molar refractivity (Wildman–Crippen MR) is 108 cm³/mol. The van der Waals surface area contributed by atoms with Crippen LogP contribution in [0, 0.1) is 0 Å². The second kappa shape index (κ2) is 9.91. The number of anilines is 1. The minimum Gasteiger partial charge on any atom is -0.381 e. The van der Waals surface area contributed by atoms with Crippen molar-refractivity contribution in [3.63, 3.8) is 0 Å². The Balaban J connectivity index is 1.61. The number of nitrogens with one attached hydrogen (secondary N) is 1. The molecule has 2 N–H and O–H groups in total. The Morgan fingerprint density at radius 1 is 1.12 bits per heavy atom. The van der Waals surface area contributed by atoms with Crippen molar-refractivity contribution in [1.82, 2.24) is 9.79 Å². The van der Waals surface area contributed by atoms with E-state index in [9.17, 15) is 26.4 Å². The first-order chi connectivity index (χ1) is 15.1. The third kappa shape index (κ3) is 5.34. The van der Waals surface area contributed by atoms with Gasteiger partial charge in [-0.15, -0.1) is 0 Å². The molecule has 0 unspecified atom stereocenters. The van der Waals surface area contributed by atoms with E-state index in [0.29, 0.717) is 18.7 Å². The molecule has 2 aliphatic heterocycles. The van der Waals surface area contributed by atoms with Crippen LogP contribution in [-0.4, -0.2) is 80.8 Å². The van der Waals surface area contributed by atoms with Crippen molar-refractivity contribution in [3.8, 4) is 0 Å².